The number of nitrogens with one attached hydrogen (secondary N) is 1. The molecule has 1 fully saturated rings. The first kappa shape index (κ1) is 28.4. The zero-order chi connectivity index (χ0) is 26.8. The van der Waals surface area contributed by atoms with E-state index in [0.29, 0.717) is 18.8 Å². The van der Waals surface area contributed by atoms with E-state index >= 15 is 0 Å². The molecule has 2 heterocycles. The van der Waals surface area contributed by atoms with Crippen LogP contribution in [0.4, 0.5) is 28.9 Å². The minimum absolute atomic E-state index is 0.0882. The molecule has 36 heavy (non-hydrogen) atoms. The van der Waals surface area contributed by atoms with Gasteiger partial charge in [-0.15, -0.1) is 0 Å². The molecule has 1 atom stereocenters. The Morgan fingerprint density at radius 1 is 1.28 bits per heavy atom. The van der Waals surface area contributed by atoms with E-state index in [1.165, 1.54) is 12.1 Å². The number of alkyl halides is 3. The van der Waals surface area contributed by atoms with Gasteiger partial charge in [0, 0.05) is 45.5 Å². The molecule has 0 saturated carbocycles. The summed E-state index contributed by atoms with van der Waals surface area (Å²) in [7, 11) is 2.45. The summed E-state index contributed by atoms with van der Waals surface area (Å²) in [6, 6.07) is 4.37. The summed E-state index contributed by atoms with van der Waals surface area (Å²) in [6.07, 6.45) is -3.09. The minimum Gasteiger partial charge on any atom is -0.478 e. The number of rotatable bonds is 8. The largest absolute Gasteiger partial charge is 0.478 e. The van der Waals surface area contributed by atoms with Crippen molar-refractivity contribution < 1.29 is 27.1 Å². The third-order valence-electron chi connectivity index (χ3n) is 6.05. The Balaban J connectivity index is 1.89. The van der Waals surface area contributed by atoms with Crippen molar-refractivity contribution in [2.24, 2.45) is 0 Å². The second kappa shape index (κ2) is 11.1. The number of anilines is 2. The zero-order valence-corrected chi connectivity index (χ0v) is 23.6. The van der Waals surface area contributed by atoms with Gasteiger partial charge in [0.1, 0.15) is 5.82 Å². The average molecular weight is 592 g/mol. The van der Waals surface area contributed by atoms with Gasteiger partial charge in [-0.3, -0.25) is 4.79 Å². The fourth-order valence-corrected chi connectivity index (χ4v) is 4.92. The smallest absolute Gasteiger partial charge is 0.417 e. The van der Waals surface area contributed by atoms with Gasteiger partial charge in [-0.05, 0) is 48.6 Å². The van der Waals surface area contributed by atoms with Gasteiger partial charge in [0.2, 0.25) is 5.88 Å². The highest BCUT2D eigenvalue weighted by Gasteiger charge is 2.37. The lowest BCUT2D eigenvalue weighted by atomic mass is 10.1. The number of aromatic nitrogens is 1. The van der Waals surface area contributed by atoms with E-state index in [1.54, 1.807) is 0 Å². The number of carbonyl (C=O) groups excluding carboxylic acids is 1. The predicted molar refractivity (Wildman–Crippen MR) is 139 cm³/mol. The number of ether oxygens (including phenoxy) is 1. The van der Waals surface area contributed by atoms with Crippen molar-refractivity contribution in [3.8, 4) is 5.88 Å². The van der Waals surface area contributed by atoms with Gasteiger partial charge in [0.05, 0.1) is 33.6 Å². The van der Waals surface area contributed by atoms with Crippen molar-refractivity contribution >= 4 is 41.3 Å². The van der Waals surface area contributed by atoms with Gasteiger partial charge in [-0.2, -0.15) is 13.2 Å². The number of carbonyl (C=O) groups is 1. The molecule has 3 rings (SSSR count). The maximum absolute atomic E-state index is 14.4. The number of nitrogens with zero attached hydrogens (tertiary/aromatic N) is 3. The Labute approximate surface area is 218 Å². The Kier molecular flexibility index (Phi) is 8.72. The van der Waals surface area contributed by atoms with Crippen LogP contribution < -0.4 is 15.0 Å². The van der Waals surface area contributed by atoms with Crippen LogP contribution in [0.25, 0.3) is 0 Å². The fourth-order valence-electron chi connectivity index (χ4n) is 3.86. The normalized spacial score (nSPS) is 16.5. The lowest BCUT2D eigenvalue weighted by Crippen LogP contribution is -2.32. The summed E-state index contributed by atoms with van der Waals surface area (Å²) in [5.74, 6) is -1.71. The van der Waals surface area contributed by atoms with Crippen molar-refractivity contribution in [1.82, 2.24) is 9.88 Å². The van der Waals surface area contributed by atoms with E-state index in [2.05, 4.69) is 50.8 Å². The van der Waals surface area contributed by atoms with Crippen LogP contribution in [0.2, 0.25) is 25.7 Å². The van der Waals surface area contributed by atoms with Gasteiger partial charge in [0.15, 0.2) is 0 Å². The van der Waals surface area contributed by atoms with Crippen molar-refractivity contribution in [2.75, 3.05) is 44.0 Å². The van der Waals surface area contributed by atoms with Crippen LogP contribution >= 0.6 is 15.9 Å². The van der Waals surface area contributed by atoms with Crippen molar-refractivity contribution in [3.63, 3.8) is 0 Å². The third kappa shape index (κ3) is 7.19. The van der Waals surface area contributed by atoms with Crippen molar-refractivity contribution in [1.29, 1.82) is 0 Å². The second-order valence-corrected chi connectivity index (χ2v) is 16.8. The van der Waals surface area contributed by atoms with Gasteiger partial charge in [-0.1, -0.05) is 19.6 Å². The summed E-state index contributed by atoms with van der Waals surface area (Å²) in [4.78, 5) is 21.0. The molecule has 1 aromatic heterocycles. The highest BCUT2D eigenvalue weighted by Crippen LogP contribution is 2.37. The van der Waals surface area contributed by atoms with Crippen molar-refractivity contribution in [3.05, 3.63) is 45.8 Å². The Morgan fingerprint density at radius 2 is 1.97 bits per heavy atom. The first-order chi connectivity index (χ1) is 16.7. The number of hydrogen-bond acceptors (Lipinski definition) is 5. The standard InChI is InChI=1S/C24H31BrF4N4O2Si/c1-32(2)15-6-7-33(14-15)21-12-19(26)18(25)11-20(21)31-23(34)16-13-30-22(10-17(16)24(27,28)29)35-8-9-36(3,4)5/h10-13,15H,6-9,14H2,1-5H3,(H,31,34)/t15-/m0/s1. The number of benzene rings is 1. The minimum atomic E-state index is -4.80. The van der Waals surface area contributed by atoms with Gasteiger partial charge in [0.25, 0.3) is 5.91 Å². The molecule has 1 N–H and O–H groups in total. The predicted octanol–water partition coefficient (Wildman–Crippen LogP) is 6.11. The highest BCUT2D eigenvalue weighted by molar-refractivity contribution is 9.10. The molecular formula is C24H31BrF4N4O2Si. The molecule has 6 nitrogen and oxygen atoms in total. The number of likely N-dealkylation sites (N-methyl/N-ethyl adjacent to an activating group) is 1. The van der Waals surface area contributed by atoms with Crippen LogP contribution in [-0.4, -0.2) is 63.7 Å². The van der Waals surface area contributed by atoms with E-state index in [1.807, 2.05) is 19.0 Å². The van der Waals surface area contributed by atoms with E-state index in [9.17, 15) is 22.4 Å². The third-order valence-corrected chi connectivity index (χ3v) is 8.36. The van der Waals surface area contributed by atoms with Crippen LogP contribution in [0.1, 0.15) is 22.3 Å². The molecule has 1 saturated heterocycles. The molecule has 2 aromatic rings. The highest BCUT2D eigenvalue weighted by atomic mass is 79.9. The van der Waals surface area contributed by atoms with Crippen LogP contribution in [0, 0.1) is 5.82 Å². The summed E-state index contributed by atoms with van der Waals surface area (Å²) in [5.41, 5.74) is -1.17. The summed E-state index contributed by atoms with van der Waals surface area (Å²) < 4.78 is 61.6. The number of hydrogen-bond donors (Lipinski definition) is 1. The van der Waals surface area contributed by atoms with Gasteiger partial charge >= 0.3 is 6.18 Å². The first-order valence-electron chi connectivity index (χ1n) is 11.6. The summed E-state index contributed by atoms with van der Waals surface area (Å²) in [6.45, 7) is 7.85. The molecule has 1 aliphatic rings. The quantitative estimate of drug-likeness (QED) is 0.297. The van der Waals surface area contributed by atoms with E-state index in [4.69, 9.17) is 4.74 Å². The lowest BCUT2D eigenvalue weighted by molar-refractivity contribution is -0.138. The molecule has 0 bridgehead atoms. The van der Waals surface area contributed by atoms with Crippen molar-refractivity contribution in [2.45, 2.75) is 44.3 Å². The molecule has 0 aliphatic carbocycles. The van der Waals surface area contributed by atoms with Crippen LogP contribution in [0.3, 0.4) is 0 Å². The van der Waals surface area contributed by atoms with Crippen LogP contribution in [-0.2, 0) is 6.18 Å². The molecule has 1 aromatic carbocycles. The molecule has 12 heteroatoms. The summed E-state index contributed by atoms with van der Waals surface area (Å²) in [5, 5.41) is 2.54. The number of pyridine rings is 1. The number of halogens is 5. The van der Waals surface area contributed by atoms with E-state index < -0.39 is 37.1 Å². The average Bonchev–Trinajstić information content (AvgIpc) is 3.25. The topological polar surface area (TPSA) is 57.7 Å². The van der Waals surface area contributed by atoms with E-state index in [-0.39, 0.29) is 28.7 Å². The Bertz CT molecular complexity index is 1110. The molecular weight excluding hydrogens is 560 g/mol. The summed E-state index contributed by atoms with van der Waals surface area (Å²) >= 11 is 3.10. The van der Waals surface area contributed by atoms with Gasteiger partial charge in [-0.25, -0.2) is 9.37 Å². The molecule has 1 aliphatic heterocycles. The molecule has 0 radical (unpaired) electrons. The first-order valence-corrected chi connectivity index (χ1v) is 16.1. The SMILES string of the molecule is CN(C)[C@H]1CCN(c2cc(F)c(Br)cc2NC(=O)c2cnc(OCC[Si](C)(C)C)cc2C(F)(F)F)C1. The molecule has 0 spiro atoms. The molecule has 1 amide bonds. The lowest BCUT2D eigenvalue weighted by Gasteiger charge is -2.25. The monoisotopic (exact) mass is 590 g/mol. The van der Waals surface area contributed by atoms with Crippen LogP contribution in [0.5, 0.6) is 5.88 Å². The number of amides is 1. The Morgan fingerprint density at radius 3 is 2.56 bits per heavy atom. The maximum atomic E-state index is 14.4. The zero-order valence-electron chi connectivity index (χ0n) is 21.0. The Hall–Kier alpha value is -2.18. The van der Waals surface area contributed by atoms with Gasteiger partial charge < -0.3 is 19.9 Å². The second-order valence-electron chi connectivity index (χ2n) is 10.3. The van der Waals surface area contributed by atoms with E-state index in [0.717, 1.165) is 24.7 Å². The molecule has 198 valence electrons. The molecule has 0 unspecified atom stereocenters. The fraction of sp³-hybridized carbons (Fsp3) is 0.500. The maximum Gasteiger partial charge on any atom is 0.417 e. The van der Waals surface area contributed by atoms with Crippen LogP contribution in [0.15, 0.2) is 28.9 Å².